The summed E-state index contributed by atoms with van der Waals surface area (Å²) in [6.07, 6.45) is 3.48. The van der Waals surface area contributed by atoms with Crippen molar-refractivity contribution < 1.29 is 9.53 Å². The van der Waals surface area contributed by atoms with Crippen LogP contribution in [0.1, 0.15) is 25.3 Å². The predicted molar refractivity (Wildman–Crippen MR) is 90.1 cm³/mol. The van der Waals surface area contributed by atoms with Crippen LogP contribution in [0.15, 0.2) is 24.9 Å². The lowest BCUT2D eigenvalue weighted by Gasteiger charge is -2.11. The normalized spacial score (nSPS) is 14.7. The fourth-order valence-electron chi connectivity index (χ4n) is 2.46. The highest BCUT2D eigenvalue weighted by atomic mass is 16.5. The van der Waals surface area contributed by atoms with Crippen molar-refractivity contribution in [1.82, 2.24) is 14.8 Å². The average Bonchev–Trinajstić information content (AvgIpc) is 3.25. The highest BCUT2D eigenvalue weighted by molar-refractivity contribution is 6.15. The molecular weight excluding hydrogens is 306 g/mol. The Kier molecular flexibility index (Phi) is 3.60. The van der Waals surface area contributed by atoms with E-state index < -0.39 is 5.97 Å². The van der Waals surface area contributed by atoms with Crippen molar-refractivity contribution in [3.8, 4) is 11.4 Å². The number of nitrogens with zero attached hydrogens (tertiary/aromatic N) is 4. The molecule has 0 radical (unpaired) electrons. The molecule has 3 rings (SSSR count). The maximum Gasteiger partial charge on any atom is 0.337 e. The molecule has 0 amide bonds. The minimum absolute atomic E-state index is 0.110. The summed E-state index contributed by atoms with van der Waals surface area (Å²) in [5.74, 6) is -0.147. The number of nitrogen functional groups attached to an aromatic ring is 1. The highest BCUT2D eigenvalue weighted by Crippen LogP contribution is 2.47. The summed E-state index contributed by atoms with van der Waals surface area (Å²) in [5, 5.41) is 4.51. The number of anilines is 1. The van der Waals surface area contributed by atoms with E-state index in [0.717, 1.165) is 12.8 Å². The van der Waals surface area contributed by atoms with Crippen molar-refractivity contribution in [3.63, 3.8) is 0 Å². The van der Waals surface area contributed by atoms with Crippen LogP contribution in [0.3, 0.4) is 0 Å². The van der Waals surface area contributed by atoms with Crippen LogP contribution < -0.4 is 5.73 Å². The van der Waals surface area contributed by atoms with Gasteiger partial charge in [-0.3, -0.25) is 9.67 Å². The Morgan fingerprint density at radius 2 is 2.21 bits per heavy atom. The van der Waals surface area contributed by atoms with Crippen molar-refractivity contribution >= 4 is 23.0 Å². The average molecular weight is 323 g/mol. The molecule has 0 aliphatic heterocycles. The minimum Gasteiger partial charge on any atom is -0.465 e. The number of hydrogen-bond acceptors (Lipinski definition) is 5. The quantitative estimate of drug-likeness (QED) is 0.531. The summed E-state index contributed by atoms with van der Waals surface area (Å²) in [7, 11) is 1.30. The van der Waals surface area contributed by atoms with Gasteiger partial charge in [0.05, 0.1) is 30.5 Å². The Morgan fingerprint density at radius 1 is 1.50 bits per heavy atom. The first kappa shape index (κ1) is 15.7. The Balaban J connectivity index is 2.00. The van der Waals surface area contributed by atoms with Crippen LogP contribution in [0.2, 0.25) is 0 Å². The molecule has 1 aliphatic rings. The van der Waals surface area contributed by atoms with Gasteiger partial charge in [-0.2, -0.15) is 5.10 Å². The summed E-state index contributed by atoms with van der Waals surface area (Å²) in [5.41, 5.74) is 8.04. The summed E-state index contributed by atoms with van der Waals surface area (Å²) < 4.78 is 6.36. The molecule has 7 heteroatoms. The molecule has 0 aromatic carbocycles. The topological polar surface area (TPSA) is 87.4 Å². The van der Waals surface area contributed by atoms with Crippen LogP contribution in [0.25, 0.3) is 21.8 Å². The standard InChI is InChI=1S/C17H17N5O2/c1-10(16(23)24-4)11-5-6-12(20-9-11)13-14(19-3)15(18)22(21-13)17(2)7-8-17/h5-6,9H,1,7-8,18H2,2,4H3. The molecule has 0 unspecified atom stereocenters. The highest BCUT2D eigenvalue weighted by Gasteiger charge is 2.42. The molecule has 24 heavy (non-hydrogen) atoms. The van der Waals surface area contributed by atoms with Gasteiger partial charge in [0.15, 0.2) is 0 Å². The van der Waals surface area contributed by atoms with Crippen LogP contribution in [0.4, 0.5) is 11.5 Å². The third-order valence-electron chi connectivity index (χ3n) is 4.28. The van der Waals surface area contributed by atoms with Crippen LogP contribution in [0, 0.1) is 6.57 Å². The predicted octanol–water partition coefficient (Wildman–Crippen LogP) is 2.77. The zero-order valence-electron chi connectivity index (χ0n) is 13.5. The molecule has 7 nitrogen and oxygen atoms in total. The number of carbonyl (C=O) groups excluding carboxylic acids is 1. The molecule has 0 atom stereocenters. The molecule has 2 aromatic heterocycles. The van der Waals surface area contributed by atoms with Crippen molar-refractivity contribution in [2.45, 2.75) is 25.3 Å². The maximum absolute atomic E-state index is 11.5. The number of nitrogens with two attached hydrogens (primary N) is 1. The Bertz CT molecular complexity index is 870. The van der Waals surface area contributed by atoms with Crippen molar-refractivity contribution in [2.75, 3.05) is 12.8 Å². The fraction of sp³-hybridized carbons (Fsp3) is 0.294. The summed E-state index contributed by atoms with van der Waals surface area (Å²) in [6, 6.07) is 3.39. The zero-order valence-corrected chi connectivity index (χ0v) is 13.5. The monoisotopic (exact) mass is 323 g/mol. The summed E-state index contributed by atoms with van der Waals surface area (Å²) in [4.78, 5) is 19.3. The minimum atomic E-state index is -0.512. The van der Waals surface area contributed by atoms with E-state index in [9.17, 15) is 4.79 Å². The lowest BCUT2D eigenvalue weighted by atomic mass is 10.1. The molecule has 0 spiro atoms. The number of hydrogen-bond donors (Lipinski definition) is 1. The van der Waals surface area contributed by atoms with E-state index in [1.54, 1.807) is 16.8 Å². The Labute approximate surface area is 139 Å². The van der Waals surface area contributed by atoms with E-state index >= 15 is 0 Å². The number of pyridine rings is 1. The number of esters is 1. The van der Waals surface area contributed by atoms with E-state index in [1.807, 2.05) is 0 Å². The van der Waals surface area contributed by atoms with E-state index in [0.29, 0.717) is 28.5 Å². The Morgan fingerprint density at radius 3 is 2.71 bits per heavy atom. The first-order valence-corrected chi connectivity index (χ1v) is 7.42. The second kappa shape index (κ2) is 5.49. The van der Waals surface area contributed by atoms with Crippen molar-refractivity contribution in [2.24, 2.45) is 0 Å². The SMILES string of the molecule is [C-]#[N+]c1c(-c2ccc(C(=C)C(=O)OC)cn2)nn(C2(C)CC2)c1N. The first-order valence-electron chi connectivity index (χ1n) is 7.42. The molecular formula is C17H17N5O2. The molecule has 2 aromatic rings. The summed E-state index contributed by atoms with van der Waals surface area (Å²) in [6.45, 7) is 13.1. The molecule has 0 bridgehead atoms. The van der Waals surface area contributed by atoms with Gasteiger partial charge in [0, 0.05) is 11.8 Å². The van der Waals surface area contributed by atoms with E-state index in [4.69, 9.17) is 12.3 Å². The number of carbonyl (C=O) groups is 1. The van der Waals surface area contributed by atoms with Crippen LogP contribution in [-0.2, 0) is 15.1 Å². The second-order valence-corrected chi connectivity index (χ2v) is 6.01. The largest absolute Gasteiger partial charge is 0.465 e. The summed E-state index contributed by atoms with van der Waals surface area (Å²) >= 11 is 0. The second-order valence-electron chi connectivity index (χ2n) is 6.01. The van der Waals surface area contributed by atoms with E-state index in [-0.39, 0.29) is 11.1 Å². The van der Waals surface area contributed by atoms with Gasteiger partial charge < -0.3 is 10.5 Å². The third-order valence-corrected chi connectivity index (χ3v) is 4.28. The van der Waals surface area contributed by atoms with Gasteiger partial charge in [0.1, 0.15) is 11.5 Å². The van der Waals surface area contributed by atoms with Gasteiger partial charge in [-0.15, -0.1) is 0 Å². The van der Waals surface area contributed by atoms with Gasteiger partial charge in [-0.1, -0.05) is 12.6 Å². The van der Waals surface area contributed by atoms with Gasteiger partial charge in [-0.05, 0) is 25.8 Å². The van der Waals surface area contributed by atoms with Gasteiger partial charge in [-0.25, -0.2) is 9.64 Å². The number of aromatic nitrogens is 3. The van der Waals surface area contributed by atoms with E-state index in [2.05, 4.69) is 33.2 Å². The lowest BCUT2D eigenvalue weighted by Crippen LogP contribution is -2.16. The van der Waals surface area contributed by atoms with Crippen molar-refractivity contribution in [3.05, 3.63) is 41.9 Å². The smallest absolute Gasteiger partial charge is 0.337 e. The van der Waals surface area contributed by atoms with Gasteiger partial charge >= 0.3 is 5.97 Å². The van der Waals surface area contributed by atoms with Gasteiger partial charge in [0.2, 0.25) is 0 Å². The number of methoxy groups -OCH3 is 1. The zero-order chi connectivity index (χ0) is 17.5. The lowest BCUT2D eigenvalue weighted by molar-refractivity contribution is -0.133. The number of ether oxygens (including phenoxy) is 1. The molecule has 1 fully saturated rings. The van der Waals surface area contributed by atoms with Crippen LogP contribution in [-0.4, -0.2) is 27.8 Å². The van der Waals surface area contributed by atoms with E-state index in [1.165, 1.54) is 13.3 Å². The van der Waals surface area contributed by atoms with Gasteiger partial charge in [0.25, 0.3) is 5.69 Å². The molecule has 122 valence electrons. The number of rotatable bonds is 4. The van der Waals surface area contributed by atoms with Crippen LogP contribution in [0.5, 0.6) is 0 Å². The molecule has 2 heterocycles. The third kappa shape index (κ3) is 2.42. The molecule has 0 saturated heterocycles. The molecule has 1 aliphatic carbocycles. The van der Waals surface area contributed by atoms with Crippen LogP contribution >= 0.6 is 0 Å². The fourth-order valence-corrected chi connectivity index (χ4v) is 2.46. The Hall–Kier alpha value is -3.14. The maximum atomic E-state index is 11.5. The first-order chi connectivity index (χ1) is 11.4. The molecule has 1 saturated carbocycles. The molecule has 2 N–H and O–H groups in total. The van der Waals surface area contributed by atoms with Crippen molar-refractivity contribution in [1.29, 1.82) is 0 Å².